The fourth-order valence-electron chi connectivity index (χ4n) is 1.14. The van der Waals surface area contributed by atoms with Crippen LogP contribution < -0.4 is 5.32 Å². The highest BCUT2D eigenvalue weighted by Gasteiger charge is 2.04. The summed E-state index contributed by atoms with van der Waals surface area (Å²) in [7, 11) is 0. The van der Waals surface area contributed by atoms with Gasteiger partial charge in [-0.05, 0) is 19.9 Å². The molecule has 0 aliphatic rings. The molecule has 0 aromatic carbocycles. The average molecular weight is 213 g/mol. The molecule has 1 aromatic rings. The van der Waals surface area contributed by atoms with Crippen LogP contribution in [0.5, 0.6) is 0 Å². The zero-order valence-corrected chi connectivity index (χ0v) is 9.45. The number of nitrogens with zero attached hydrogens (tertiary/aromatic N) is 2. The highest BCUT2D eigenvalue weighted by Crippen LogP contribution is 2.00. The predicted octanol–water partition coefficient (Wildman–Crippen LogP) is 1.15. The van der Waals surface area contributed by atoms with E-state index in [1.54, 1.807) is 0 Å². The van der Waals surface area contributed by atoms with E-state index in [9.17, 15) is 0 Å². The molecule has 0 aliphatic heterocycles. The summed E-state index contributed by atoms with van der Waals surface area (Å²) in [5.74, 6) is 1.30. The minimum atomic E-state index is 0.639. The van der Waals surface area contributed by atoms with Crippen molar-refractivity contribution >= 4 is 0 Å². The van der Waals surface area contributed by atoms with Crippen molar-refractivity contribution in [3.63, 3.8) is 0 Å². The third-order valence-corrected chi connectivity index (χ3v) is 1.88. The Morgan fingerprint density at radius 3 is 2.80 bits per heavy atom. The van der Waals surface area contributed by atoms with Crippen molar-refractivity contribution in [3.8, 4) is 0 Å². The summed E-state index contributed by atoms with van der Waals surface area (Å²) < 4.78 is 10.6. The summed E-state index contributed by atoms with van der Waals surface area (Å²) >= 11 is 0. The van der Waals surface area contributed by atoms with Crippen LogP contribution in [0.2, 0.25) is 0 Å². The van der Waals surface area contributed by atoms with Gasteiger partial charge in [-0.2, -0.15) is 0 Å². The van der Waals surface area contributed by atoms with Gasteiger partial charge in [0.05, 0.1) is 13.2 Å². The molecule has 0 radical (unpaired) electrons. The van der Waals surface area contributed by atoms with Gasteiger partial charge in [-0.1, -0.05) is 6.92 Å². The highest BCUT2D eigenvalue weighted by molar-refractivity contribution is 4.81. The summed E-state index contributed by atoms with van der Waals surface area (Å²) in [4.78, 5) is 0. The van der Waals surface area contributed by atoms with E-state index in [0.29, 0.717) is 31.4 Å². The fourth-order valence-corrected chi connectivity index (χ4v) is 1.14. The number of nitrogens with one attached hydrogen (secondary N) is 1. The molecular formula is C10H19N3O2. The van der Waals surface area contributed by atoms with E-state index in [-0.39, 0.29) is 0 Å². The van der Waals surface area contributed by atoms with Crippen LogP contribution in [0, 0.1) is 0 Å². The van der Waals surface area contributed by atoms with Crippen molar-refractivity contribution in [1.82, 2.24) is 15.5 Å². The van der Waals surface area contributed by atoms with Gasteiger partial charge in [0.2, 0.25) is 11.8 Å². The molecule has 0 spiro atoms. The summed E-state index contributed by atoms with van der Waals surface area (Å²) in [5.41, 5.74) is 0. The molecule has 0 fully saturated rings. The number of hydrogen-bond donors (Lipinski definition) is 1. The summed E-state index contributed by atoms with van der Waals surface area (Å²) in [6.45, 7) is 7.06. The number of rotatable bonds is 8. The van der Waals surface area contributed by atoms with Crippen molar-refractivity contribution in [3.05, 3.63) is 11.8 Å². The van der Waals surface area contributed by atoms with Gasteiger partial charge >= 0.3 is 0 Å². The summed E-state index contributed by atoms with van der Waals surface area (Å²) in [5, 5.41) is 11.1. The standard InChI is InChI=1S/C10H19N3O2/c1-3-6-11-8-10-13-12-9(15-10)5-7-14-4-2/h11H,3-8H2,1-2H3. The number of hydrogen-bond acceptors (Lipinski definition) is 5. The van der Waals surface area contributed by atoms with Crippen molar-refractivity contribution in [2.75, 3.05) is 19.8 Å². The third-order valence-electron chi connectivity index (χ3n) is 1.88. The SMILES string of the molecule is CCCNCc1nnc(CCOCC)o1. The predicted molar refractivity (Wildman–Crippen MR) is 56.5 cm³/mol. The fraction of sp³-hybridized carbons (Fsp3) is 0.800. The van der Waals surface area contributed by atoms with E-state index in [1.807, 2.05) is 6.92 Å². The maximum absolute atomic E-state index is 5.41. The van der Waals surface area contributed by atoms with Crippen LogP contribution in [-0.2, 0) is 17.7 Å². The molecule has 0 bridgehead atoms. The zero-order valence-electron chi connectivity index (χ0n) is 9.45. The Kier molecular flexibility index (Phi) is 5.96. The maximum atomic E-state index is 5.41. The third kappa shape index (κ3) is 4.90. The molecular weight excluding hydrogens is 194 g/mol. The van der Waals surface area contributed by atoms with Crippen molar-refractivity contribution in [2.24, 2.45) is 0 Å². The molecule has 1 N–H and O–H groups in total. The normalized spacial score (nSPS) is 10.8. The van der Waals surface area contributed by atoms with Gasteiger partial charge in [0.1, 0.15) is 0 Å². The lowest BCUT2D eigenvalue weighted by atomic mass is 10.4. The van der Waals surface area contributed by atoms with Crippen molar-refractivity contribution in [1.29, 1.82) is 0 Å². The number of aromatic nitrogens is 2. The summed E-state index contributed by atoms with van der Waals surface area (Å²) in [6, 6.07) is 0. The Balaban J connectivity index is 2.23. The monoisotopic (exact) mass is 213 g/mol. The molecule has 86 valence electrons. The second kappa shape index (κ2) is 7.36. The first-order valence-corrected chi connectivity index (χ1v) is 5.46. The van der Waals surface area contributed by atoms with Crippen LogP contribution in [-0.4, -0.2) is 30.0 Å². The smallest absolute Gasteiger partial charge is 0.230 e. The topological polar surface area (TPSA) is 60.2 Å². The first-order chi connectivity index (χ1) is 7.36. The maximum Gasteiger partial charge on any atom is 0.230 e. The van der Waals surface area contributed by atoms with E-state index < -0.39 is 0 Å². The quantitative estimate of drug-likeness (QED) is 0.656. The van der Waals surface area contributed by atoms with Crippen LogP contribution in [0.15, 0.2) is 4.42 Å². The largest absolute Gasteiger partial charge is 0.424 e. The molecule has 0 unspecified atom stereocenters. The lowest BCUT2D eigenvalue weighted by Gasteiger charge is -1.97. The Morgan fingerprint density at radius 1 is 1.27 bits per heavy atom. The van der Waals surface area contributed by atoms with Crippen LogP contribution in [0.25, 0.3) is 0 Å². The number of ether oxygens (including phenoxy) is 1. The highest BCUT2D eigenvalue weighted by atomic mass is 16.5. The molecule has 0 saturated heterocycles. The van der Waals surface area contributed by atoms with Crippen LogP contribution in [0.1, 0.15) is 32.0 Å². The van der Waals surface area contributed by atoms with Crippen molar-refractivity contribution < 1.29 is 9.15 Å². The molecule has 0 atom stereocenters. The first kappa shape index (κ1) is 12.1. The molecule has 5 heteroatoms. The molecule has 0 amide bonds. The Bertz CT molecular complexity index is 238. The molecule has 1 rings (SSSR count). The van der Waals surface area contributed by atoms with E-state index in [1.165, 1.54) is 0 Å². The van der Waals surface area contributed by atoms with E-state index >= 15 is 0 Å². The Hall–Kier alpha value is -0.940. The molecule has 1 aromatic heterocycles. The second-order valence-electron chi connectivity index (χ2n) is 3.21. The zero-order chi connectivity index (χ0) is 10.9. The lowest BCUT2D eigenvalue weighted by Crippen LogP contribution is -2.13. The van der Waals surface area contributed by atoms with Gasteiger partial charge in [0.25, 0.3) is 0 Å². The molecule has 1 heterocycles. The molecule has 5 nitrogen and oxygen atoms in total. The van der Waals surface area contributed by atoms with Crippen molar-refractivity contribution in [2.45, 2.75) is 33.2 Å². The molecule has 15 heavy (non-hydrogen) atoms. The second-order valence-corrected chi connectivity index (χ2v) is 3.21. The van der Waals surface area contributed by atoms with Gasteiger partial charge < -0.3 is 14.5 Å². The van der Waals surface area contributed by atoms with Gasteiger partial charge in [-0.25, -0.2) is 0 Å². The first-order valence-electron chi connectivity index (χ1n) is 5.46. The van der Waals surface area contributed by atoms with Gasteiger partial charge in [0, 0.05) is 13.0 Å². The van der Waals surface area contributed by atoms with Gasteiger partial charge in [-0.15, -0.1) is 10.2 Å². The van der Waals surface area contributed by atoms with E-state index in [2.05, 4.69) is 22.4 Å². The van der Waals surface area contributed by atoms with Crippen LogP contribution >= 0.6 is 0 Å². The lowest BCUT2D eigenvalue weighted by molar-refractivity contribution is 0.145. The van der Waals surface area contributed by atoms with E-state index in [4.69, 9.17) is 9.15 Å². The van der Waals surface area contributed by atoms with Gasteiger partial charge in [0.15, 0.2) is 0 Å². The van der Waals surface area contributed by atoms with Gasteiger partial charge in [-0.3, -0.25) is 0 Å². The van der Waals surface area contributed by atoms with Crippen LogP contribution in [0.3, 0.4) is 0 Å². The Morgan fingerprint density at radius 2 is 2.07 bits per heavy atom. The summed E-state index contributed by atoms with van der Waals surface area (Å²) in [6.07, 6.45) is 1.79. The average Bonchev–Trinajstić information content (AvgIpc) is 2.67. The van der Waals surface area contributed by atoms with E-state index in [0.717, 1.165) is 19.6 Å². The molecule has 0 saturated carbocycles. The van der Waals surface area contributed by atoms with Crippen LogP contribution in [0.4, 0.5) is 0 Å². The minimum Gasteiger partial charge on any atom is -0.424 e. The molecule has 0 aliphatic carbocycles. The Labute approximate surface area is 90.2 Å². The minimum absolute atomic E-state index is 0.639.